The molecule has 2 amide bonds. The van der Waals surface area contributed by atoms with Gasteiger partial charge in [-0.25, -0.2) is 0 Å². The zero-order chi connectivity index (χ0) is 17.4. The normalized spacial score (nSPS) is 20.4. The van der Waals surface area contributed by atoms with Gasteiger partial charge in [0, 0.05) is 17.0 Å². The highest BCUT2D eigenvalue weighted by molar-refractivity contribution is 6.01. The van der Waals surface area contributed by atoms with Crippen LogP contribution in [0, 0.1) is 5.92 Å². The molecule has 0 radical (unpaired) electrons. The molecule has 6 heteroatoms. The number of fused-ring (bicyclic) bond motifs is 1. The van der Waals surface area contributed by atoms with Crippen LogP contribution in [-0.2, 0) is 4.79 Å². The van der Waals surface area contributed by atoms with E-state index in [0.29, 0.717) is 24.3 Å². The molecular formula is C19H24N4O2. The van der Waals surface area contributed by atoms with Crippen LogP contribution in [0.1, 0.15) is 55.8 Å². The quantitative estimate of drug-likeness (QED) is 0.781. The average Bonchev–Trinajstić information content (AvgIpc) is 3.16. The standard InChI is InChI=1S/C19H24N4O2/c1-12(13-4-5-13)21-18(25)19(8-2-3-9-19)22-17(24)14-6-7-16-15(10-14)11-20-23-16/h6-7,10-13H,2-5,8-9H2,1H3,(H,20,23)(H,21,25)(H,22,24)/t12-/m0/s1. The zero-order valence-electron chi connectivity index (χ0n) is 14.5. The number of nitrogens with zero attached hydrogens (tertiary/aromatic N) is 1. The SMILES string of the molecule is C[C@H](NC(=O)C1(NC(=O)c2ccc3[nH]ncc3c2)CCCC1)C1CC1. The molecule has 3 N–H and O–H groups in total. The molecule has 25 heavy (non-hydrogen) atoms. The first-order valence-electron chi connectivity index (χ1n) is 9.14. The molecule has 0 unspecified atom stereocenters. The summed E-state index contributed by atoms with van der Waals surface area (Å²) >= 11 is 0. The fraction of sp³-hybridized carbons (Fsp3) is 0.526. The van der Waals surface area contributed by atoms with E-state index in [1.807, 2.05) is 12.1 Å². The third-order valence-corrected chi connectivity index (χ3v) is 5.63. The van der Waals surface area contributed by atoms with Gasteiger partial charge < -0.3 is 10.6 Å². The molecule has 6 nitrogen and oxygen atoms in total. The van der Waals surface area contributed by atoms with Crippen molar-refractivity contribution in [1.82, 2.24) is 20.8 Å². The van der Waals surface area contributed by atoms with Crippen molar-refractivity contribution in [2.45, 2.75) is 57.0 Å². The van der Waals surface area contributed by atoms with Crippen molar-refractivity contribution >= 4 is 22.7 Å². The average molecular weight is 340 g/mol. The summed E-state index contributed by atoms with van der Waals surface area (Å²) in [6.45, 7) is 2.06. The largest absolute Gasteiger partial charge is 0.351 e. The lowest BCUT2D eigenvalue weighted by molar-refractivity contribution is -0.128. The predicted octanol–water partition coefficient (Wildman–Crippen LogP) is 2.52. The van der Waals surface area contributed by atoms with Gasteiger partial charge in [0.1, 0.15) is 5.54 Å². The van der Waals surface area contributed by atoms with Crippen molar-refractivity contribution in [3.63, 3.8) is 0 Å². The van der Waals surface area contributed by atoms with E-state index in [4.69, 9.17) is 0 Å². The highest BCUT2D eigenvalue weighted by Gasteiger charge is 2.44. The third-order valence-electron chi connectivity index (χ3n) is 5.63. The minimum atomic E-state index is -0.772. The molecule has 0 aliphatic heterocycles. The number of nitrogens with one attached hydrogen (secondary N) is 3. The molecule has 0 saturated heterocycles. The third kappa shape index (κ3) is 3.13. The lowest BCUT2D eigenvalue weighted by Gasteiger charge is -2.30. The molecule has 2 aliphatic carbocycles. The van der Waals surface area contributed by atoms with Crippen molar-refractivity contribution < 1.29 is 9.59 Å². The van der Waals surface area contributed by atoms with Gasteiger partial charge in [-0.3, -0.25) is 14.7 Å². The maximum Gasteiger partial charge on any atom is 0.252 e. The summed E-state index contributed by atoms with van der Waals surface area (Å²) in [6.07, 6.45) is 7.41. The summed E-state index contributed by atoms with van der Waals surface area (Å²) in [7, 11) is 0. The first-order chi connectivity index (χ1) is 12.1. The lowest BCUT2D eigenvalue weighted by Crippen LogP contribution is -2.58. The number of carbonyl (C=O) groups is 2. The van der Waals surface area contributed by atoms with E-state index in [1.165, 1.54) is 12.8 Å². The summed E-state index contributed by atoms with van der Waals surface area (Å²) in [5.74, 6) is 0.378. The summed E-state index contributed by atoms with van der Waals surface area (Å²) in [6, 6.07) is 5.60. The first-order valence-corrected chi connectivity index (χ1v) is 9.14. The number of hydrogen-bond acceptors (Lipinski definition) is 3. The Hall–Kier alpha value is -2.37. The number of aromatic amines is 1. The van der Waals surface area contributed by atoms with Crippen LogP contribution in [0.4, 0.5) is 0 Å². The summed E-state index contributed by atoms with van der Waals surface area (Å²) < 4.78 is 0. The van der Waals surface area contributed by atoms with Crippen molar-refractivity contribution in [2.24, 2.45) is 5.92 Å². The lowest BCUT2D eigenvalue weighted by atomic mass is 9.94. The van der Waals surface area contributed by atoms with Gasteiger partial charge in [0.2, 0.25) is 5.91 Å². The van der Waals surface area contributed by atoms with E-state index in [1.54, 1.807) is 12.3 Å². The number of amides is 2. The van der Waals surface area contributed by atoms with Gasteiger partial charge >= 0.3 is 0 Å². The summed E-state index contributed by atoms with van der Waals surface area (Å²) in [5.41, 5.74) is 0.678. The number of rotatable bonds is 5. The van der Waals surface area contributed by atoms with E-state index < -0.39 is 5.54 Å². The molecule has 1 atom stereocenters. The second-order valence-corrected chi connectivity index (χ2v) is 7.51. The Balaban J connectivity index is 1.51. The van der Waals surface area contributed by atoms with Crippen LogP contribution >= 0.6 is 0 Å². The minimum Gasteiger partial charge on any atom is -0.351 e. The Morgan fingerprint density at radius 1 is 1.28 bits per heavy atom. The van der Waals surface area contributed by atoms with Gasteiger partial charge in [-0.1, -0.05) is 12.8 Å². The van der Waals surface area contributed by atoms with E-state index in [-0.39, 0.29) is 17.9 Å². The summed E-state index contributed by atoms with van der Waals surface area (Å²) in [5, 5.41) is 13.9. The molecule has 2 saturated carbocycles. The Kier molecular flexibility index (Phi) is 3.98. The molecule has 4 rings (SSSR count). The second-order valence-electron chi connectivity index (χ2n) is 7.51. The van der Waals surface area contributed by atoms with Gasteiger partial charge in [-0.15, -0.1) is 0 Å². The van der Waals surface area contributed by atoms with Crippen molar-refractivity contribution in [3.05, 3.63) is 30.0 Å². The molecule has 0 spiro atoms. The molecular weight excluding hydrogens is 316 g/mol. The topological polar surface area (TPSA) is 86.9 Å². The number of benzene rings is 1. The molecule has 2 fully saturated rings. The molecule has 132 valence electrons. The van der Waals surface area contributed by atoms with Crippen LogP contribution in [0.2, 0.25) is 0 Å². The predicted molar refractivity (Wildman–Crippen MR) is 95.1 cm³/mol. The van der Waals surface area contributed by atoms with Crippen LogP contribution in [0.15, 0.2) is 24.4 Å². The molecule has 2 aromatic rings. The molecule has 2 aliphatic rings. The van der Waals surface area contributed by atoms with Gasteiger partial charge in [-0.05, 0) is 56.7 Å². The highest BCUT2D eigenvalue weighted by atomic mass is 16.2. The fourth-order valence-corrected chi connectivity index (χ4v) is 3.82. The van der Waals surface area contributed by atoms with Gasteiger partial charge in [0.15, 0.2) is 0 Å². The Bertz CT molecular complexity index is 803. The fourth-order valence-electron chi connectivity index (χ4n) is 3.82. The molecule has 1 aromatic heterocycles. The maximum atomic E-state index is 12.9. The second kappa shape index (κ2) is 6.17. The Labute approximate surface area is 146 Å². The number of aromatic nitrogens is 2. The van der Waals surface area contributed by atoms with Crippen LogP contribution in [0.5, 0.6) is 0 Å². The molecule has 1 heterocycles. The number of hydrogen-bond donors (Lipinski definition) is 3. The maximum absolute atomic E-state index is 12.9. The van der Waals surface area contributed by atoms with Crippen molar-refractivity contribution in [1.29, 1.82) is 0 Å². The highest BCUT2D eigenvalue weighted by Crippen LogP contribution is 2.34. The van der Waals surface area contributed by atoms with Crippen LogP contribution < -0.4 is 10.6 Å². The van der Waals surface area contributed by atoms with E-state index in [2.05, 4.69) is 27.8 Å². The molecule has 1 aromatic carbocycles. The van der Waals surface area contributed by atoms with Gasteiger partial charge in [0.25, 0.3) is 5.91 Å². The monoisotopic (exact) mass is 340 g/mol. The van der Waals surface area contributed by atoms with Crippen molar-refractivity contribution in [3.8, 4) is 0 Å². The van der Waals surface area contributed by atoms with Gasteiger partial charge in [0.05, 0.1) is 11.7 Å². The van der Waals surface area contributed by atoms with E-state index in [0.717, 1.165) is 23.7 Å². The van der Waals surface area contributed by atoms with Crippen molar-refractivity contribution in [2.75, 3.05) is 0 Å². The van der Waals surface area contributed by atoms with Crippen LogP contribution in [0.25, 0.3) is 10.9 Å². The number of carbonyl (C=O) groups excluding carboxylic acids is 2. The van der Waals surface area contributed by atoms with E-state index in [9.17, 15) is 9.59 Å². The van der Waals surface area contributed by atoms with E-state index >= 15 is 0 Å². The smallest absolute Gasteiger partial charge is 0.252 e. The zero-order valence-corrected chi connectivity index (χ0v) is 14.5. The van der Waals surface area contributed by atoms with Gasteiger partial charge in [-0.2, -0.15) is 5.10 Å². The minimum absolute atomic E-state index is 0.0258. The van der Waals surface area contributed by atoms with Crippen LogP contribution in [-0.4, -0.2) is 33.6 Å². The summed E-state index contributed by atoms with van der Waals surface area (Å²) in [4.78, 5) is 25.7. The first kappa shape index (κ1) is 16.1. The van der Waals surface area contributed by atoms with Crippen LogP contribution in [0.3, 0.4) is 0 Å². The number of H-pyrrole nitrogens is 1. The Morgan fingerprint density at radius 2 is 2.04 bits per heavy atom. The molecule has 0 bridgehead atoms. The Morgan fingerprint density at radius 3 is 2.76 bits per heavy atom.